The summed E-state index contributed by atoms with van der Waals surface area (Å²) < 4.78 is 23.5. The Morgan fingerprint density at radius 3 is 2.44 bits per heavy atom. The van der Waals surface area contributed by atoms with E-state index in [4.69, 9.17) is 11.6 Å². The van der Waals surface area contributed by atoms with Crippen LogP contribution in [0.1, 0.15) is 10.4 Å². The predicted molar refractivity (Wildman–Crippen MR) is 78.7 cm³/mol. The fraction of sp³-hybridized carbons (Fsp3) is 0.364. The molecule has 1 saturated heterocycles. The molecule has 1 heterocycles. The van der Waals surface area contributed by atoms with Crippen LogP contribution in [0.15, 0.2) is 18.2 Å². The van der Waals surface area contributed by atoms with Crippen LogP contribution in [0.3, 0.4) is 0 Å². The van der Waals surface area contributed by atoms with Gasteiger partial charge in [-0.1, -0.05) is 11.6 Å². The maximum Gasteiger partial charge on any atom is 0.253 e. The van der Waals surface area contributed by atoms with E-state index in [0.29, 0.717) is 10.6 Å². The monoisotopic (exact) mass is 399 g/mol. The lowest BCUT2D eigenvalue weighted by Gasteiger charge is -2.26. The highest BCUT2D eigenvalue weighted by atomic mass is 127. The summed E-state index contributed by atoms with van der Waals surface area (Å²) in [5.74, 6) is -0.0866. The molecule has 1 amide bonds. The molecule has 2 rings (SSSR count). The summed E-state index contributed by atoms with van der Waals surface area (Å²) in [5, 5.41) is 0.533. The Labute approximate surface area is 124 Å². The third-order valence-electron chi connectivity index (χ3n) is 2.80. The molecule has 18 heavy (non-hydrogen) atoms. The zero-order chi connectivity index (χ0) is 13.3. The van der Waals surface area contributed by atoms with Crippen LogP contribution in [0, 0.1) is 3.57 Å². The summed E-state index contributed by atoms with van der Waals surface area (Å²) in [5.41, 5.74) is 0.500. The summed E-state index contributed by atoms with van der Waals surface area (Å²) in [4.78, 5) is 13.7. The highest BCUT2D eigenvalue weighted by Crippen LogP contribution is 2.21. The van der Waals surface area contributed by atoms with Crippen LogP contribution < -0.4 is 0 Å². The molecule has 0 unspecified atom stereocenters. The Balaban J connectivity index is 2.15. The van der Waals surface area contributed by atoms with Crippen molar-refractivity contribution in [3.63, 3.8) is 0 Å². The third-order valence-corrected chi connectivity index (χ3v) is 5.98. The summed E-state index contributed by atoms with van der Waals surface area (Å²) in [6, 6.07) is 5.10. The van der Waals surface area contributed by atoms with Crippen molar-refractivity contribution in [1.82, 2.24) is 4.90 Å². The minimum Gasteiger partial charge on any atom is -0.337 e. The van der Waals surface area contributed by atoms with Gasteiger partial charge in [0.05, 0.1) is 16.5 Å². The van der Waals surface area contributed by atoms with Crippen LogP contribution >= 0.6 is 34.2 Å². The lowest BCUT2D eigenvalue weighted by molar-refractivity contribution is 0.0770. The molecular weight excluding hydrogens is 389 g/mol. The molecule has 0 saturated carbocycles. The van der Waals surface area contributed by atoms with Crippen LogP contribution in [0.25, 0.3) is 0 Å². The van der Waals surface area contributed by atoms with E-state index >= 15 is 0 Å². The zero-order valence-electron chi connectivity index (χ0n) is 9.40. The van der Waals surface area contributed by atoms with Crippen molar-refractivity contribution in [2.24, 2.45) is 0 Å². The van der Waals surface area contributed by atoms with Gasteiger partial charge in [0.25, 0.3) is 5.91 Å². The molecule has 1 aliphatic rings. The number of halogens is 2. The van der Waals surface area contributed by atoms with Gasteiger partial charge in [-0.3, -0.25) is 4.79 Å². The molecular formula is C11H11ClINO3S. The predicted octanol–water partition coefficient (Wildman–Crippen LogP) is 1.82. The van der Waals surface area contributed by atoms with Crippen LogP contribution in [-0.2, 0) is 9.84 Å². The molecule has 0 bridgehead atoms. The molecule has 0 radical (unpaired) electrons. The van der Waals surface area contributed by atoms with Gasteiger partial charge in [-0.15, -0.1) is 0 Å². The molecule has 0 N–H and O–H groups in total. The van der Waals surface area contributed by atoms with Crippen molar-refractivity contribution in [3.05, 3.63) is 32.4 Å². The van der Waals surface area contributed by atoms with E-state index in [0.717, 1.165) is 3.57 Å². The quantitative estimate of drug-likeness (QED) is 0.677. The zero-order valence-corrected chi connectivity index (χ0v) is 13.1. The Morgan fingerprint density at radius 1 is 1.28 bits per heavy atom. The molecule has 1 aromatic carbocycles. The Bertz CT molecular complexity index is 574. The number of nitrogens with zero attached hydrogens (tertiary/aromatic N) is 1. The standard InChI is InChI=1S/C11H11ClINO3S/c12-9-7-8(1-2-10(9)13)11(15)14-3-5-18(16,17)6-4-14/h1-2,7H,3-6H2. The largest absolute Gasteiger partial charge is 0.337 e. The minimum atomic E-state index is -2.97. The van der Waals surface area contributed by atoms with E-state index in [9.17, 15) is 13.2 Å². The Kier molecular flexibility index (Phi) is 4.18. The van der Waals surface area contributed by atoms with E-state index < -0.39 is 9.84 Å². The molecule has 0 aliphatic carbocycles. The summed E-state index contributed by atoms with van der Waals surface area (Å²) in [6.45, 7) is 0.509. The fourth-order valence-corrected chi connectivity index (χ4v) is 3.44. The van der Waals surface area contributed by atoms with E-state index in [2.05, 4.69) is 22.6 Å². The molecule has 1 fully saturated rings. The average molecular weight is 400 g/mol. The van der Waals surface area contributed by atoms with Crippen molar-refractivity contribution in [3.8, 4) is 0 Å². The van der Waals surface area contributed by atoms with E-state index in [1.165, 1.54) is 0 Å². The first-order valence-electron chi connectivity index (χ1n) is 5.34. The van der Waals surface area contributed by atoms with Gasteiger partial charge in [-0.05, 0) is 40.8 Å². The van der Waals surface area contributed by atoms with Crippen LogP contribution in [0.2, 0.25) is 5.02 Å². The average Bonchev–Trinajstić information content (AvgIpc) is 2.32. The van der Waals surface area contributed by atoms with Crippen LogP contribution in [0.4, 0.5) is 0 Å². The van der Waals surface area contributed by atoms with Crippen molar-refractivity contribution in [1.29, 1.82) is 0 Å². The van der Waals surface area contributed by atoms with E-state index in [1.807, 2.05) is 0 Å². The molecule has 0 aromatic heterocycles. The summed E-state index contributed by atoms with van der Waals surface area (Å²) in [6.07, 6.45) is 0. The number of carbonyl (C=O) groups excluding carboxylic acids is 1. The fourth-order valence-electron chi connectivity index (χ4n) is 1.73. The first kappa shape index (κ1) is 14.1. The Morgan fingerprint density at radius 2 is 1.89 bits per heavy atom. The molecule has 98 valence electrons. The SMILES string of the molecule is O=C(c1ccc(I)c(Cl)c1)N1CCS(=O)(=O)CC1. The smallest absolute Gasteiger partial charge is 0.253 e. The topological polar surface area (TPSA) is 54.5 Å². The number of hydrogen-bond donors (Lipinski definition) is 0. The maximum absolute atomic E-state index is 12.1. The van der Waals surface area contributed by atoms with Crippen molar-refractivity contribution < 1.29 is 13.2 Å². The highest BCUT2D eigenvalue weighted by molar-refractivity contribution is 14.1. The van der Waals surface area contributed by atoms with Gasteiger partial charge in [0, 0.05) is 22.2 Å². The molecule has 4 nitrogen and oxygen atoms in total. The van der Waals surface area contributed by atoms with Gasteiger partial charge in [0.1, 0.15) is 0 Å². The second-order valence-electron chi connectivity index (χ2n) is 4.07. The second-order valence-corrected chi connectivity index (χ2v) is 7.95. The number of carbonyl (C=O) groups is 1. The molecule has 0 atom stereocenters. The molecule has 1 aromatic rings. The molecule has 7 heteroatoms. The number of rotatable bonds is 1. The lowest BCUT2D eigenvalue weighted by atomic mass is 10.2. The van der Waals surface area contributed by atoms with E-state index in [-0.39, 0.29) is 30.5 Å². The maximum atomic E-state index is 12.1. The van der Waals surface area contributed by atoms with Gasteiger partial charge in [-0.2, -0.15) is 0 Å². The summed E-state index contributed by atoms with van der Waals surface area (Å²) >= 11 is 8.06. The highest BCUT2D eigenvalue weighted by Gasteiger charge is 2.25. The lowest BCUT2D eigenvalue weighted by Crippen LogP contribution is -2.43. The minimum absolute atomic E-state index is 0.0385. The number of benzene rings is 1. The normalized spacial score (nSPS) is 18.7. The number of amides is 1. The van der Waals surface area contributed by atoms with E-state index in [1.54, 1.807) is 23.1 Å². The molecule has 1 aliphatic heterocycles. The van der Waals surface area contributed by atoms with Gasteiger partial charge in [-0.25, -0.2) is 8.42 Å². The van der Waals surface area contributed by atoms with Gasteiger partial charge < -0.3 is 4.90 Å². The van der Waals surface area contributed by atoms with Crippen LogP contribution in [0.5, 0.6) is 0 Å². The summed E-state index contributed by atoms with van der Waals surface area (Å²) in [7, 11) is -2.97. The van der Waals surface area contributed by atoms with Crippen LogP contribution in [-0.4, -0.2) is 43.8 Å². The van der Waals surface area contributed by atoms with Crippen molar-refractivity contribution in [2.75, 3.05) is 24.6 Å². The van der Waals surface area contributed by atoms with Crippen molar-refractivity contribution in [2.45, 2.75) is 0 Å². The van der Waals surface area contributed by atoms with Gasteiger partial charge >= 0.3 is 0 Å². The second kappa shape index (κ2) is 5.34. The number of hydrogen-bond acceptors (Lipinski definition) is 3. The Hall–Kier alpha value is -0.340. The first-order valence-corrected chi connectivity index (χ1v) is 8.61. The van der Waals surface area contributed by atoms with Crippen molar-refractivity contribution >= 4 is 49.9 Å². The number of sulfone groups is 1. The molecule has 0 spiro atoms. The van der Waals surface area contributed by atoms with Gasteiger partial charge in [0.15, 0.2) is 9.84 Å². The third kappa shape index (κ3) is 3.16. The van der Waals surface area contributed by atoms with Gasteiger partial charge in [0.2, 0.25) is 0 Å². The first-order chi connectivity index (χ1) is 8.39.